The van der Waals surface area contributed by atoms with Crippen molar-refractivity contribution in [2.45, 2.75) is 26.8 Å². The Morgan fingerprint density at radius 2 is 1.64 bits per heavy atom. The van der Waals surface area contributed by atoms with E-state index in [9.17, 15) is 0 Å². The number of ether oxygens (including phenoxy) is 4. The van der Waals surface area contributed by atoms with Crippen molar-refractivity contribution >= 4 is 10.8 Å². The lowest BCUT2D eigenvalue weighted by Crippen LogP contribution is -2.40. The van der Waals surface area contributed by atoms with E-state index in [1.165, 1.54) is 16.8 Å². The lowest BCUT2D eigenvalue weighted by atomic mass is 9.95. The molecule has 5 nitrogen and oxygen atoms in total. The summed E-state index contributed by atoms with van der Waals surface area (Å²) in [7, 11) is 3.34. The first-order chi connectivity index (χ1) is 13.7. The number of aromatic nitrogens is 1. The molecule has 0 aliphatic carbocycles. The fourth-order valence-electron chi connectivity index (χ4n) is 3.92. The molecule has 0 atom stereocenters. The number of fused-ring (bicyclic) bond motifs is 4. The van der Waals surface area contributed by atoms with Crippen LogP contribution in [-0.2, 0) is 13.0 Å². The van der Waals surface area contributed by atoms with E-state index in [-0.39, 0.29) is 0 Å². The summed E-state index contributed by atoms with van der Waals surface area (Å²) in [5, 5.41) is 2.16. The third-order valence-corrected chi connectivity index (χ3v) is 5.17. The minimum Gasteiger partial charge on any atom is -0.493 e. The van der Waals surface area contributed by atoms with Crippen LogP contribution in [0.4, 0.5) is 0 Å². The van der Waals surface area contributed by atoms with E-state index in [0.29, 0.717) is 13.2 Å². The van der Waals surface area contributed by atoms with Crippen molar-refractivity contribution in [1.29, 1.82) is 0 Å². The number of hydrogen-bond acceptors (Lipinski definition) is 4. The Morgan fingerprint density at radius 1 is 0.893 bits per heavy atom. The highest BCUT2D eigenvalue weighted by Gasteiger charge is 2.27. The van der Waals surface area contributed by atoms with E-state index >= 15 is 0 Å². The molecule has 0 amide bonds. The normalized spacial score (nSPS) is 12.3. The molecule has 3 aromatic rings. The monoisotopic (exact) mass is 380 g/mol. The lowest BCUT2D eigenvalue weighted by molar-refractivity contribution is -0.686. The third kappa shape index (κ3) is 3.01. The zero-order chi connectivity index (χ0) is 19.7. The van der Waals surface area contributed by atoms with Crippen molar-refractivity contribution in [1.82, 2.24) is 0 Å². The molecule has 1 aliphatic heterocycles. The van der Waals surface area contributed by atoms with E-state index in [1.807, 2.05) is 19.9 Å². The number of aryl methyl sites for hydroxylation is 2. The Hall–Kier alpha value is -2.95. The summed E-state index contributed by atoms with van der Waals surface area (Å²) in [4.78, 5) is 0. The summed E-state index contributed by atoms with van der Waals surface area (Å²) >= 11 is 0. The van der Waals surface area contributed by atoms with Gasteiger partial charge in [0.25, 0.3) is 0 Å². The number of methoxy groups -OCH3 is 2. The van der Waals surface area contributed by atoms with Gasteiger partial charge in [-0.25, -0.2) is 0 Å². The number of nitrogens with zero attached hydrogens (tertiary/aromatic N) is 1. The predicted molar refractivity (Wildman–Crippen MR) is 109 cm³/mol. The maximum Gasteiger partial charge on any atom is 0.213 e. The highest BCUT2D eigenvalue weighted by molar-refractivity contribution is 5.91. The molecule has 146 valence electrons. The molecule has 1 aromatic heterocycles. The summed E-state index contributed by atoms with van der Waals surface area (Å²) < 4.78 is 25.0. The first-order valence-corrected chi connectivity index (χ1v) is 9.71. The number of hydrogen-bond donors (Lipinski definition) is 0. The first kappa shape index (κ1) is 18.4. The fourth-order valence-corrected chi connectivity index (χ4v) is 3.92. The molecule has 1 aliphatic rings. The lowest BCUT2D eigenvalue weighted by Gasteiger charge is -2.19. The van der Waals surface area contributed by atoms with Crippen LogP contribution in [0.3, 0.4) is 0 Å². The van der Waals surface area contributed by atoms with Crippen LogP contribution in [0.25, 0.3) is 22.0 Å². The highest BCUT2D eigenvalue weighted by atomic mass is 16.5. The molecule has 0 radical (unpaired) electrons. The van der Waals surface area contributed by atoms with Crippen molar-refractivity contribution in [3.05, 3.63) is 42.1 Å². The summed E-state index contributed by atoms with van der Waals surface area (Å²) in [6.07, 6.45) is 3.10. The van der Waals surface area contributed by atoms with Crippen molar-refractivity contribution in [3.8, 4) is 34.3 Å². The minimum atomic E-state index is 0.605. The van der Waals surface area contributed by atoms with E-state index < -0.39 is 0 Å². The van der Waals surface area contributed by atoms with Gasteiger partial charge >= 0.3 is 0 Å². The second-order valence-electron chi connectivity index (χ2n) is 6.73. The van der Waals surface area contributed by atoms with Gasteiger partial charge in [0.15, 0.2) is 35.7 Å². The molecule has 0 spiro atoms. The van der Waals surface area contributed by atoms with Crippen LogP contribution in [0.5, 0.6) is 23.0 Å². The molecule has 0 unspecified atom stereocenters. The fraction of sp³-hybridized carbons (Fsp3) is 0.348. The van der Waals surface area contributed by atoms with Crippen molar-refractivity contribution < 1.29 is 23.5 Å². The highest BCUT2D eigenvalue weighted by Crippen LogP contribution is 2.40. The molecular weight excluding hydrogens is 354 g/mol. The van der Waals surface area contributed by atoms with Gasteiger partial charge in [-0.1, -0.05) is 0 Å². The van der Waals surface area contributed by atoms with Crippen molar-refractivity contribution in [2.24, 2.45) is 0 Å². The Labute approximate surface area is 165 Å². The van der Waals surface area contributed by atoms with Gasteiger partial charge in [-0.15, -0.1) is 0 Å². The molecule has 0 N–H and O–H groups in total. The van der Waals surface area contributed by atoms with Crippen molar-refractivity contribution in [2.75, 3.05) is 27.4 Å². The topological polar surface area (TPSA) is 40.8 Å². The van der Waals surface area contributed by atoms with Crippen LogP contribution in [0, 0.1) is 0 Å². The molecule has 0 bridgehead atoms. The Bertz CT molecular complexity index is 1030. The number of pyridine rings is 1. The minimum absolute atomic E-state index is 0.605. The Kier molecular flexibility index (Phi) is 4.99. The average Bonchev–Trinajstić information content (AvgIpc) is 2.72. The second kappa shape index (κ2) is 7.58. The zero-order valence-electron chi connectivity index (χ0n) is 16.9. The number of benzene rings is 2. The maximum atomic E-state index is 5.85. The van der Waals surface area contributed by atoms with Gasteiger partial charge < -0.3 is 18.9 Å². The van der Waals surface area contributed by atoms with E-state index in [0.717, 1.165) is 46.7 Å². The summed E-state index contributed by atoms with van der Waals surface area (Å²) in [6.45, 7) is 6.11. The molecule has 2 heterocycles. The molecule has 2 aromatic carbocycles. The van der Waals surface area contributed by atoms with Crippen LogP contribution in [-0.4, -0.2) is 27.4 Å². The maximum absolute atomic E-state index is 5.85. The van der Waals surface area contributed by atoms with E-state index in [2.05, 4.69) is 35.0 Å². The second-order valence-corrected chi connectivity index (χ2v) is 6.73. The molecule has 4 rings (SSSR count). The predicted octanol–water partition coefficient (Wildman–Crippen LogP) is 4.17. The molecule has 0 fully saturated rings. The van der Waals surface area contributed by atoms with Crippen molar-refractivity contribution in [3.63, 3.8) is 0 Å². The average molecular weight is 380 g/mol. The SMILES string of the molecule is CCOc1cc2c(cc1OCC)-c1cc3ccc(OC)c(OC)c3c[n+]1CC2. The van der Waals surface area contributed by atoms with Gasteiger partial charge in [0.1, 0.15) is 0 Å². The van der Waals surface area contributed by atoms with Gasteiger partial charge in [-0.2, -0.15) is 4.57 Å². The number of rotatable bonds is 6. The summed E-state index contributed by atoms with van der Waals surface area (Å²) in [6, 6.07) is 10.5. The first-order valence-electron chi connectivity index (χ1n) is 9.71. The van der Waals surface area contributed by atoms with Crippen LogP contribution < -0.4 is 23.5 Å². The van der Waals surface area contributed by atoms with Crippen LogP contribution in [0.1, 0.15) is 19.4 Å². The molecule has 0 saturated carbocycles. The Balaban J connectivity index is 1.91. The standard InChI is InChI=1S/C23H26NO4/c1-5-27-21-12-16-9-10-24-14-18-15(7-8-20(25-3)23(18)26-4)11-19(24)17(16)13-22(21)28-6-2/h7-8,11-14H,5-6,9-10H2,1-4H3/q+1. The van der Waals surface area contributed by atoms with E-state index in [1.54, 1.807) is 14.2 Å². The van der Waals surface area contributed by atoms with Gasteiger partial charge in [-0.05, 0) is 49.1 Å². The van der Waals surface area contributed by atoms with Gasteiger partial charge in [0.05, 0.1) is 38.4 Å². The Morgan fingerprint density at radius 3 is 2.32 bits per heavy atom. The smallest absolute Gasteiger partial charge is 0.213 e. The molecule has 28 heavy (non-hydrogen) atoms. The van der Waals surface area contributed by atoms with Crippen LogP contribution in [0.2, 0.25) is 0 Å². The largest absolute Gasteiger partial charge is 0.493 e. The molecular formula is C23H26NO4+. The van der Waals surface area contributed by atoms with E-state index in [4.69, 9.17) is 18.9 Å². The van der Waals surface area contributed by atoms with Crippen LogP contribution >= 0.6 is 0 Å². The van der Waals surface area contributed by atoms with Gasteiger partial charge in [0.2, 0.25) is 5.69 Å². The molecule has 5 heteroatoms. The zero-order valence-corrected chi connectivity index (χ0v) is 16.9. The third-order valence-electron chi connectivity index (χ3n) is 5.17. The van der Waals surface area contributed by atoms with Gasteiger partial charge in [0, 0.05) is 12.5 Å². The summed E-state index contributed by atoms with van der Waals surface area (Å²) in [5.74, 6) is 3.13. The summed E-state index contributed by atoms with van der Waals surface area (Å²) in [5.41, 5.74) is 3.64. The van der Waals surface area contributed by atoms with Crippen LogP contribution in [0.15, 0.2) is 36.5 Å². The van der Waals surface area contributed by atoms with Gasteiger partial charge in [-0.3, -0.25) is 0 Å². The molecule has 0 saturated heterocycles. The quantitative estimate of drug-likeness (QED) is 0.602.